The second kappa shape index (κ2) is 7.18. The zero-order chi connectivity index (χ0) is 19.8. The van der Waals surface area contributed by atoms with Crippen LogP contribution < -0.4 is 9.62 Å². The highest BCUT2D eigenvalue weighted by molar-refractivity contribution is 7.92. The topological polar surface area (TPSA) is 88.6 Å². The van der Waals surface area contributed by atoms with Gasteiger partial charge in [0.25, 0.3) is 0 Å². The molecular weight excluding hydrogens is 378 g/mol. The molecule has 1 amide bonds. The van der Waals surface area contributed by atoms with Crippen molar-refractivity contribution in [3.63, 3.8) is 0 Å². The monoisotopic (exact) mass is 401 g/mol. The van der Waals surface area contributed by atoms with Gasteiger partial charge in [-0.2, -0.15) is 0 Å². The number of para-hydroxylation sites is 1. The first kappa shape index (κ1) is 18.9. The van der Waals surface area contributed by atoms with Gasteiger partial charge in [0.2, 0.25) is 15.9 Å². The number of aromatic nitrogens is 1. The maximum absolute atomic E-state index is 12.6. The van der Waals surface area contributed by atoms with Crippen LogP contribution in [0.5, 0.6) is 0 Å². The summed E-state index contributed by atoms with van der Waals surface area (Å²) in [4.78, 5) is 16.8. The molecule has 1 saturated heterocycles. The van der Waals surface area contributed by atoms with Gasteiger partial charge in [0.15, 0.2) is 0 Å². The molecule has 2 aromatic rings. The molecule has 7 nitrogen and oxygen atoms in total. The van der Waals surface area contributed by atoms with Gasteiger partial charge in [0, 0.05) is 36.8 Å². The Labute approximate surface area is 164 Å². The number of carbonyl (C=O) groups excluding carboxylic acids is 1. The summed E-state index contributed by atoms with van der Waals surface area (Å²) in [7, 11) is -3.39. The van der Waals surface area contributed by atoms with Crippen molar-refractivity contribution in [3.05, 3.63) is 59.9 Å². The van der Waals surface area contributed by atoms with Crippen LogP contribution in [-0.2, 0) is 31.4 Å². The summed E-state index contributed by atoms with van der Waals surface area (Å²) in [6.45, 7) is 1.12. The highest BCUT2D eigenvalue weighted by Crippen LogP contribution is 2.48. The van der Waals surface area contributed by atoms with Crippen molar-refractivity contribution in [2.75, 3.05) is 30.3 Å². The maximum Gasteiger partial charge on any atom is 0.249 e. The van der Waals surface area contributed by atoms with Crippen LogP contribution in [0.1, 0.15) is 17.7 Å². The molecular formula is C20H23N3O4S. The maximum atomic E-state index is 12.6. The number of ether oxygens (including phenoxy) is 1. The first-order valence-corrected chi connectivity index (χ1v) is 11.1. The Morgan fingerprint density at radius 1 is 1.29 bits per heavy atom. The van der Waals surface area contributed by atoms with Crippen molar-refractivity contribution in [2.24, 2.45) is 0 Å². The molecule has 0 saturated carbocycles. The number of amides is 1. The fourth-order valence-corrected chi connectivity index (χ4v) is 5.05. The molecule has 1 fully saturated rings. The lowest BCUT2D eigenvalue weighted by atomic mass is 9.80. The van der Waals surface area contributed by atoms with Gasteiger partial charge in [-0.3, -0.25) is 14.1 Å². The van der Waals surface area contributed by atoms with Crippen molar-refractivity contribution in [1.82, 2.24) is 10.3 Å². The van der Waals surface area contributed by atoms with Crippen molar-refractivity contribution < 1.29 is 17.9 Å². The Kier molecular flexibility index (Phi) is 4.84. The summed E-state index contributed by atoms with van der Waals surface area (Å²) < 4.78 is 31.7. The fourth-order valence-electron chi connectivity index (χ4n) is 4.05. The Morgan fingerprint density at radius 2 is 2.07 bits per heavy atom. The number of fused-ring (bicyclic) bond motifs is 2. The molecule has 1 spiro atoms. The minimum Gasteiger partial charge on any atom is -0.367 e. The van der Waals surface area contributed by atoms with E-state index in [9.17, 15) is 13.2 Å². The molecule has 2 unspecified atom stereocenters. The lowest BCUT2D eigenvalue weighted by Crippen LogP contribution is -2.39. The number of sulfonamides is 1. The zero-order valence-electron chi connectivity index (χ0n) is 15.7. The van der Waals surface area contributed by atoms with E-state index in [4.69, 9.17) is 4.74 Å². The van der Waals surface area contributed by atoms with Crippen molar-refractivity contribution >= 4 is 21.6 Å². The average molecular weight is 401 g/mol. The standard InChI is InChI=1S/C20H23N3O4S/c1-28(25,26)23-13-20(16-7-2-3-8-17(16)23)12-18(27-14-20)19(24)22-11-9-15-6-4-5-10-21-15/h2-8,10,18H,9,11-14H2,1H3,(H,22,24). The van der Waals surface area contributed by atoms with Gasteiger partial charge >= 0.3 is 0 Å². The number of nitrogens with zero attached hydrogens (tertiary/aromatic N) is 2. The molecule has 2 atom stereocenters. The van der Waals surface area contributed by atoms with E-state index >= 15 is 0 Å². The Hall–Kier alpha value is -2.45. The number of rotatable bonds is 5. The van der Waals surface area contributed by atoms with E-state index in [-0.39, 0.29) is 5.91 Å². The molecule has 2 aliphatic heterocycles. The van der Waals surface area contributed by atoms with E-state index in [1.54, 1.807) is 6.20 Å². The smallest absolute Gasteiger partial charge is 0.249 e. The predicted octanol–water partition coefficient (Wildman–Crippen LogP) is 1.25. The van der Waals surface area contributed by atoms with Gasteiger partial charge in [-0.15, -0.1) is 0 Å². The van der Waals surface area contributed by atoms with E-state index in [2.05, 4.69) is 10.3 Å². The Balaban J connectivity index is 1.44. The number of nitrogens with one attached hydrogen (secondary N) is 1. The molecule has 1 N–H and O–H groups in total. The molecule has 0 radical (unpaired) electrons. The molecule has 1 aromatic carbocycles. The highest BCUT2D eigenvalue weighted by Gasteiger charge is 2.52. The predicted molar refractivity (Wildman–Crippen MR) is 106 cm³/mol. The van der Waals surface area contributed by atoms with E-state index in [1.807, 2.05) is 42.5 Å². The summed E-state index contributed by atoms with van der Waals surface area (Å²) >= 11 is 0. The van der Waals surface area contributed by atoms with Crippen LogP contribution in [0.15, 0.2) is 48.7 Å². The number of hydrogen-bond acceptors (Lipinski definition) is 5. The van der Waals surface area contributed by atoms with Gasteiger partial charge < -0.3 is 10.1 Å². The van der Waals surface area contributed by atoms with Gasteiger partial charge in [-0.1, -0.05) is 24.3 Å². The highest BCUT2D eigenvalue weighted by atomic mass is 32.2. The summed E-state index contributed by atoms with van der Waals surface area (Å²) in [5.74, 6) is -0.164. The molecule has 1 aromatic heterocycles. The van der Waals surface area contributed by atoms with Crippen LogP contribution in [0, 0.1) is 0 Å². The second-order valence-electron chi connectivity index (χ2n) is 7.43. The number of carbonyl (C=O) groups is 1. The summed E-state index contributed by atoms with van der Waals surface area (Å²) in [6, 6.07) is 13.2. The lowest BCUT2D eigenvalue weighted by molar-refractivity contribution is -0.129. The SMILES string of the molecule is CS(=O)(=O)N1CC2(COC(C(=O)NCCc3ccccn3)C2)c2ccccc21. The van der Waals surface area contributed by atoms with Crippen LogP contribution in [-0.4, -0.2) is 51.4 Å². The molecule has 4 rings (SSSR count). The van der Waals surface area contributed by atoms with E-state index in [0.717, 1.165) is 11.3 Å². The first-order valence-electron chi connectivity index (χ1n) is 9.26. The zero-order valence-corrected chi connectivity index (χ0v) is 16.5. The average Bonchev–Trinajstić information content (AvgIpc) is 3.26. The molecule has 28 heavy (non-hydrogen) atoms. The van der Waals surface area contributed by atoms with Crippen molar-refractivity contribution in [2.45, 2.75) is 24.4 Å². The normalized spacial score (nSPS) is 23.8. The van der Waals surface area contributed by atoms with Crippen LogP contribution in [0.25, 0.3) is 0 Å². The molecule has 3 heterocycles. The van der Waals surface area contributed by atoms with Crippen LogP contribution in [0.3, 0.4) is 0 Å². The van der Waals surface area contributed by atoms with Gasteiger partial charge in [-0.05, 0) is 30.2 Å². The Morgan fingerprint density at radius 3 is 2.82 bits per heavy atom. The molecule has 0 aliphatic carbocycles. The number of benzene rings is 1. The van der Waals surface area contributed by atoms with Crippen molar-refractivity contribution in [1.29, 1.82) is 0 Å². The minimum atomic E-state index is -3.39. The van der Waals surface area contributed by atoms with Gasteiger partial charge in [-0.25, -0.2) is 8.42 Å². The summed E-state index contributed by atoms with van der Waals surface area (Å²) in [5, 5.41) is 2.91. The third-order valence-electron chi connectivity index (χ3n) is 5.43. The third-order valence-corrected chi connectivity index (χ3v) is 6.55. The third kappa shape index (κ3) is 3.49. The second-order valence-corrected chi connectivity index (χ2v) is 9.34. The molecule has 8 heteroatoms. The van der Waals surface area contributed by atoms with Crippen LogP contribution >= 0.6 is 0 Å². The number of pyridine rings is 1. The van der Waals surface area contributed by atoms with Crippen LogP contribution in [0.2, 0.25) is 0 Å². The first-order chi connectivity index (χ1) is 13.4. The minimum absolute atomic E-state index is 0.164. The molecule has 148 valence electrons. The van der Waals surface area contributed by atoms with E-state index in [1.165, 1.54) is 10.6 Å². The molecule has 0 bridgehead atoms. The number of anilines is 1. The van der Waals surface area contributed by atoms with Gasteiger partial charge in [0.1, 0.15) is 6.10 Å². The largest absolute Gasteiger partial charge is 0.367 e. The summed E-state index contributed by atoms with van der Waals surface area (Å²) in [6.07, 6.45) is 3.46. The van der Waals surface area contributed by atoms with Crippen molar-refractivity contribution in [3.8, 4) is 0 Å². The van der Waals surface area contributed by atoms with Gasteiger partial charge in [0.05, 0.1) is 18.6 Å². The lowest BCUT2D eigenvalue weighted by Gasteiger charge is -2.23. The van der Waals surface area contributed by atoms with E-state index in [0.29, 0.717) is 38.2 Å². The Bertz CT molecular complexity index is 980. The van der Waals surface area contributed by atoms with E-state index < -0.39 is 21.5 Å². The van der Waals surface area contributed by atoms with Crippen LogP contribution in [0.4, 0.5) is 5.69 Å². The fraction of sp³-hybridized carbons (Fsp3) is 0.400. The summed E-state index contributed by atoms with van der Waals surface area (Å²) in [5.41, 5.74) is 2.05. The quantitative estimate of drug-likeness (QED) is 0.815. The number of hydrogen-bond donors (Lipinski definition) is 1. The molecule has 2 aliphatic rings.